The summed E-state index contributed by atoms with van der Waals surface area (Å²) in [5, 5.41) is 3.88. The number of hydrogen-bond acceptors (Lipinski definition) is 1. The first-order chi connectivity index (χ1) is 12.4. The monoisotopic (exact) mass is 432 g/mol. The highest BCUT2D eigenvalue weighted by Gasteiger charge is 2.50. The lowest BCUT2D eigenvalue weighted by Crippen LogP contribution is -2.67. The van der Waals surface area contributed by atoms with E-state index in [1.807, 2.05) is 0 Å². The molecular formula is C23H33BrOSi. The van der Waals surface area contributed by atoms with Gasteiger partial charge in [-0.25, -0.2) is 0 Å². The van der Waals surface area contributed by atoms with Crippen LogP contribution in [0.25, 0.3) is 0 Å². The van der Waals surface area contributed by atoms with Crippen LogP contribution in [0.15, 0.2) is 60.7 Å². The molecule has 0 bridgehead atoms. The van der Waals surface area contributed by atoms with Gasteiger partial charge in [0.05, 0.1) is 0 Å². The maximum atomic E-state index is 7.08. The van der Waals surface area contributed by atoms with Gasteiger partial charge in [-0.2, -0.15) is 0 Å². The van der Waals surface area contributed by atoms with Gasteiger partial charge in [0.15, 0.2) is 0 Å². The van der Waals surface area contributed by atoms with Crippen molar-refractivity contribution in [3.63, 3.8) is 0 Å². The molecule has 0 aliphatic heterocycles. The lowest BCUT2D eigenvalue weighted by Gasteiger charge is -2.44. The fourth-order valence-corrected chi connectivity index (χ4v) is 8.89. The zero-order chi connectivity index (χ0) is 19.0. The van der Waals surface area contributed by atoms with E-state index < -0.39 is 8.32 Å². The van der Waals surface area contributed by atoms with Gasteiger partial charge in [0, 0.05) is 11.4 Å². The zero-order valence-electron chi connectivity index (χ0n) is 16.7. The van der Waals surface area contributed by atoms with Crippen molar-refractivity contribution >= 4 is 34.6 Å². The van der Waals surface area contributed by atoms with Crippen LogP contribution in [0.4, 0.5) is 0 Å². The third-order valence-corrected chi connectivity index (χ3v) is 10.8. The molecule has 0 spiro atoms. The van der Waals surface area contributed by atoms with E-state index in [-0.39, 0.29) is 11.1 Å². The van der Waals surface area contributed by atoms with Crippen molar-refractivity contribution in [1.82, 2.24) is 0 Å². The standard InChI is InChI=1S/C23H33BrOSi/c1-20(14-8-7-13-19-24)25-26(23(2,3)4,21-15-9-5-10-16-21)22-17-11-6-12-18-22/h5-6,9-12,15-18,20H,7-8,13-14,19H2,1-4H3/t20-/m1/s1. The number of benzene rings is 2. The Balaban J connectivity index is 2.41. The summed E-state index contributed by atoms with van der Waals surface area (Å²) in [6.07, 6.45) is 5.12. The number of hydrogen-bond donors (Lipinski definition) is 0. The van der Waals surface area contributed by atoms with Crippen LogP contribution in [0, 0.1) is 0 Å². The van der Waals surface area contributed by atoms with E-state index in [0.717, 1.165) is 11.8 Å². The Kier molecular flexibility index (Phi) is 8.12. The van der Waals surface area contributed by atoms with Crippen LogP contribution < -0.4 is 10.4 Å². The van der Waals surface area contributed by atoms with Gasteiger partial charge in [0.25, 0.3) is 8.32 Å². The number of unbranched alkanes of at least 4 members (excludes halogenated alkanes) is 2. The number of rotatable bonds is 9. The van der Waals surface area contributed by atoms with E-state index in [1.165, 1.54) is 29.6 Å². The highest BCUT2D eigenvalue weighted by Crippen LogP contribution is 2.37. The average molecular weight is 434 g/mol. The molecule has 0 heterocycles. The smallest absolute Gasteiger partial charge is 0.261 e. The molecular weight excluding hydrogens is 400 g/mol. The van der Waals surface area contributed by atoms with Crippen molar-refractivity contribution in [1.29, 1.82) is 0 Å². The van der Waals surface area contributed by atoms with Crippen molar-refractivity contribution in [3.8, 4) is 0 Å². The third-order valence-electron chi connectivity index (χ3n) is 5.04. The van der Waals surface area contributed by atoms with Crippen LogP contribution in [-0.2, 0) is 4.43 Å². The first kappa shape index (κ1) is 21.4. The molecule has 0 radical (unpaired) electrons. The molecule has 0 saturated heterocycles. The second-order valence-electron chi connectivity index (χ2n) is 8.13. The van der Waals surface area contributed by atoms with Crippen molar-refractivity contribution < 1.29 is 4.43 Å². The Bertz CT molecular complexity index is 597. The summed E-state index contributed by atoms with van der Waals surface area (Å²) in [4.78, 5) is 0. The molecule has 1 atom stereocenters. The summed E-state index contributed by atoms with van der Waals surface area (Å²) < 4.78 is 7.08. The normalized spacial score (nSPS) is 13.6. The van der Waals surface area contributed by atoms with E-state index in [1.54, 1.807) is 0 Å². The average Bonchev–Trinajstić information content (AvgIpc) is 2.64. The lowest BCUT2D eigenvalue weighted by molar-refractivity contribution is 0.192. The molecule has 3 heteroatoms. The highest BCUT2D eigenvalue weighted by molar-refractivity contribution is 9.09. The number of alkyl halides is 1. The minimum absolute atomic E-state index is 0.0554. The largest absolute Gasteiger partial charge is 0.405 e. The molecule has 142 valence electrons. The Morgan fingerprint density at radius 3 is 1.77 bits per heavy atom. The second-order valence-corrected chi connectivity index (χ2v) is 13.2. The van der Waals surface area contributed by atoms with Gasteiger partial charge >= 0.3 is 0 Å². The van der Waals surface area contributed by atoms with Gasteiger partial charge < -0.3 is 4.43 Å². The van der Waals surface area contributed by atoms with Gasteiger partial charge in [-0.1, -0.05) is 110 Å². The van der Waals surface area contributed by atoms with Gasteiger partial charge in [-0.15, -0.1) is 0 Å². The van der Waals surface area contributed by atoms with Crippen molar-refractivity contribution in [2.24, 2.45) is 0 Å². The minimum atomic E-state index is -2.39. The van der Waals surface area contributed by atoms with E-state index in [4.69, 9.17) is 4.43 Å². The molecule has 2 aromatic carbocycles. The zero-order valence-corrected chi connectivity index (χ0v) is 19.3. The van der Waals surface area contributed by atoms with Crippen LogP contribution in [0.2, 0.25) is 5.04 Å². The molecule has 0 unspecified atom stereocenters. The molecule has 0 saturated carbocycles. The minimum Gasteiger partial charge on any atom is -0.405 e. The summed E-state index contributed by atoms with van der Waals surface area (Å²) in [5.74, 6) is 0. The van der Waals surface area contributed by atoms with Crippen LogP contribution >= 0.6 is 15.9 Å². The maximum absolute atomic E-state index is 7.08. The molecule has 26 heavy (non-hydrogen) atoms. The van der Waals surface area contributed by atoms with Crippen LogP contribution in [0.1, 0.15) is 53.4 Å². The van der Waals surface area contributed by atoms with Crippen molar-refractivity contribution in [2.75, 3.05) is 5.33 Å². The van der Waals surface area contributed by atoms with Gasteiger partial charge in [-0.05, 0) is 35.2 Å². The lowest BCUT2D eigenvalue weighted by atomic mass is 10.1. The van der Waals surface area contributed by atoms with Crippen LogP contribution in [0.3, 0.4) is 0 Å². The Labute approximate surface area is 169 Å². The fourth-order valence-electron chi connectivity index (χ4n) is 3.76. The summed E-state index contributed by atoms with van der Waals surface area (Å²) in [6.45, 7) is 9.29. The fraction of sp³-hybridized carbons (Fsp3) is 0.478. The van der Waals surface area contributed by atoms with Gasteiger partial charge in [0.1, 0.15) is 0 Å². The van der Waals surface area contributed by atoms with E-state index in [2.05, 4.69) is 104 Å². The molecule has 0 aliphatic rings. The van der Waals surface area contributed by atoms with E-state index in [9.17, 15) is 0 Å². The molecule has 2 aromatic rings. The first-order valence-electron chi connectivity index (χ1n) is 9.76. The molecule has 0 fully saturated rings. The first-order valence-corrected chi connectivity index (χ1v) is 12.8. The van der Waals surface area contributed by atoms with Gasteiger partial charge in [-0.3, -0.25) is 0 Å². The van der Waals surface area contributed by atoms with E-state index >= 15 is 0 Å². The SMILES string of the molecule is C[C@H](CCCCCBr)O[Si](c1ccccc1)(c1ccccc1)C(C)(C)C. The number of halogens is 1. The van der Waals surface area contributed by atoms with Gasteiger partial charge in [0.2, 0.25) is 0 Å². The molecule has 0 aromatic heterocycles. The van der Waals surface area contributed by atoms with Crippen molar-refractivity contribution in [3.05, 3.63) is 60.7 Å². The summed E-state index contributed by atoms with van der Waals surface area (Å²) >= 11 is 3.53. The molecule has 0 amide bonds. The molecule has 0 N–H and O–H groups in total. The quantitative estimate of drug-likeness (QED) is 0.272. The molecule has 0 aliphatic carbocycles. The Morgan fingerprint density at radius 1 is 0.846 bits per heavy atom. The molecule has 2 rings (SSSR count). The predicted octanol–water partition coefficient (Wildman–Crippen LogP) is 5.91. The van der Waals surface area contributed by atoms with Crippen LogP contribution in [-0.4, -0.2) is 19.8 Å². The maximum Gasteiger partial charge on any atom is 0.261 e. The molecule has 1 nitrogen and oxygen atoms in total. The van der Waals surface area contributed by atoms with E-state index in [0.29, 0.717) is 0 Å². The topological polar surface area (TPSA) is 9.23 Å². The Hall–Kier alpha value is -0.903. The summed E-state index contributed by atoms with van der Waals surface area (Å²) in [6, 6.07) is 21.9. The predicted molar refractivity (Wildman–Crippen MR) is 120 cm³/mol. The van der Waals surface area contributed by atoms with Crippen LogP contribution in [0.5, 0.6) is 0 Å². The third kappa shape index (κ3) is 5.08. The second kappa shape index (κ2) is 9.87. The highest BCUT2D eigenvalue weighted by atomic mass is 79.9. The Morgan fingerprint density at radius 2 is 1.35 bits per heavy atom. The van der Waals surface area contributed by atoms with Crippen molar-refractivity contribution in [2.45, 2.75) is 64.5 Å². The summed E-state index contributed by atoms with van der Waals surface area (Å²) in [5.41, 5.74) is 0. The summed E-state index contributed by atoms with van der Waals surface area (Å²) in [7, 11) is -2.39.